The van der Waals surface area contributed by atoms with E-state index in [2.05, 4.69) is 44.5 Å². The van der Waals surface area contributed by atoms with Crippen LogP contribution in [0.3, 0.4) is 0 Å². The van der Waals surface area contributed by atoms with E-state index < -0.39 is 0 Å². The van der Waals surface area contributed by atoms with Gasteiger partial charge in [-0.15, -0.1) is 0 Å². The number of rotatable bonds is 8. The van der Waals surface area contributed by atoms with E-state index in [0.717, 1.165) is 35.9 Å². The summed E-state index contributed by atoms with van der Waals surface area (Å²) in [4.78, 5) is 9.22. The molecule has 0 saturated heterocycles. The number of thioether (sulfide) groups is 1. The zero-order valence-corrected chi connectivity index (χ0v) is 18.0. The molecule has 1 heterocycles. The fourth-order valence-electron chi connectivity index (χ4n) is 1.94. The summed E-state index contributed by atoms with van der Waals surface area (Å²) < 4.78 is 5.93. The molecule has 1 atom stereocenters. The van der Waals surface area contributed by atoms with Gasteiger partial charge in [0, 0.05) is 18.7 Å². The minimum Gasteiger partial charge on any atom is -0.451 e. The van der Waals surface area contributed by atoms with Gasteiger partial charge >= 0.3 is 0 Å². The third kappa shape index (κ3) is 14.8. The van der Waals surface area contributed by atoms with Gasteiger partial charge in [0.05, 0.1) is 0 Å². The second kappa shape index (κ2) is 12.8. The van der Waals surface area contributed by atoms with Crippen molar-refractivity contribution in [3.63, 3.8) is 0 Å². The number of ether oxygens (including phenoxy) is 1. The Balaban J connectivity index is 0.00000141. The topological polar surface area (TPSA) is 64.3 Å². The van der Waals surface area contributed by atoms with Crippen LogP contribution in [0.15, 0.2) is 47.3 Å². The van der Waals surface area contributed by atoms with Crippen molar-refractivity contribution in [2.45, 2.75) is 59.6 Å². The molecule has 4 nitrogen and oxygen atoms in total. The molecule has 1 aliphatic heterocycles. The predicted molar refractivity (Wildman–Crippen MR) is 115 cm³/mol. The Bertz CT molecular complexity index is 539. The SMILES string of the molecule is C=C(C)/C=C\C(=C/C)OC1=CCC(CNCCC(C)(C)C)S1.CC(N)=O. The normalized spacial score (nSPS) is 17.5. The molecular formula is C21H36N2O2S. The number of allylic oxidation sites excluding steroid dienone is 5. The molecular weight excluding hydrogens is 344 g/mol. The zero-order chi connectivity index (χ0) is 20.2. The Hall–Kier alpha value is -1.46. The molecule has 0 aliphatic carbocycles. The third-order valence-corrected chi connectivity index (χ3v) is 4.46. The Morgan fingerprint density at radius 3 is 2.54 bits per heavy atom. The van der Waals surface area contributed by atoms with Crippen molar-refractivity contribution in [3.8, 4) is 0 Å². The summed E-state index contributed by atoms with van der Waals surface area (Å²) in [6.07, 6.45) is 10.4. The van der Waals surface area contributed by atoms with Crippen molar-refractivity contribution in [2.24, 2.45) is 11.1 Å². The first-order valence-corrected chi connectivity index (χ1v) is 9.92. The Morgan fingerprint density at radius 1 is 1.42 bits per heavy atom. The number of amides is 1. The van der Waals surface area contributed by atoms with Crippen LogP contribution in [0.1, 0.15) is 54.4 Å². The summed E-state index contributed by atoms with van der Waals surface area (Å²) in [5, 5.41) is 5.16. The highest BCUT2D eigenvalue weighted by Gasteiger charge is 2.19. The van der Waals surface area contributed by atoms with Gasteiger partial charge in [0.25, 0.3) is 0 Å². The van der Waals surface area contributed by atoms with Gasteiger partial charge in [-0.1, -0.05) is 50.8 Å². The number of primary amides is 1. The van der Waals surface area contributed by atoms with E-state index in [-0.39, 0.29) is 5.91 Å². The van der Waals surface area contributed by atoms with Crippen LogP contribution in [0.25, 0.3) is 0 Å². The maximum atomic E-state index is 9.22. The molecule has 5 heteroatoms. The van der Waals surface area contributed by atoms with Crippen LogP contribution in [-0.4, -0.2) is 24.2 Å². The van der Waals surface area contributed by atoms with Crippen molar-refractivity contribution in [2.75, 3.05) is 13.1 Å². The number of hydrogen-bond acceptors (Lipinski definition) is 4. The highest BCUT2D eigenvalue weighted by Crippen LogP contribution is 2.34. The number of carbonyl (C=O) groups is 1. The Kier molecular flexibility index (Phi) is 12.1. The molecule has 0 aromatic heterocycles. The molecule has 26 heavy (non-hydrogen) atoms. The molecule has 0 aromatic rings. The Morgan fingerprint density at radius 2 is 2.04 bits per heavy atom. The predicted octanol–water partition coefficient (Wildman–Crippen LogP) is 4.90. The smallest absolute Gasteiger partial charge is 0.214 e. The minimum absolute atomic E-state index is 0.333. The minimum atomic E-state index is -0.333. The molecule has 0 fully saturated rings. The summed E-state index contributed by atoms with van der Waals surface area (Å²) >= 11 is 1.83. The second-order valence-electron chi connectivity index (χ2n) is 7.60. The Labute approximate surface area is 164 Å². The van der Waals surface area contributed by atoms with Crippen molar-refractivity contribution in [1.82, 2.24) is 5.32 Å². The van der Waals surface area contributed by atoms with E-state index in [9.17, 15) is 4.79 Å². The molecule has 0 aromatic carbocycles. The highest BCUT2D eigenvalue weighted by molar-refractivity contribution is 8.03. The standard InChI is InChI=1S/C19H31NOS.C2H5NO/c1-7-16(9-8-15(2)3)21-18-11-10-17(22-18)14-20-13-12-19(4,5)6;1-2(3)4/h7-9,11,17,20H,2,10,12-14H2,1,3-6H3;1H3,(H2,3,4)/b9-8-,16-7+;. The number of nitrogens with one attached hydrogen (secondary N) is 1. The van der Waals surface area contributed by atoms with Crippen LogP contribution < -0.4 is 11.1 Å². The van der Waals surface area contributed by atoms with Crippen molar-refractivity contribution in [1.29, 1.82) is 0 Å². The van der Waals surface area contributed by atoms with Crippen LogP contribution in [0.2, 0.25) is 0 Å². The van der Waals surface area contributed by atoms with E-state index in [1.807, 2.05) is 43.8 Å². The van der Waals surface area contributed by atoms with E-state index in [0.29, 0.717) is 10.7 Å². The van der Waals surface area contributed by atoms with Gasteiger partial charge < -0.3 is 15.8 Å². The molecule has 0 saturated carbocycles. The van der Waals surface area contributed by atoms with Crippen LogP contribution in [0, 0.1) is 5.41 Å². The average molecular weight is 381 g/mol. The van der Waals surface area contributed by atoms with Crippen LogP contribution in [-0.2, 0) is 9.53 Å². The van der Waals surface area contributed by atoms with E-state index >= 15 is 0 Å². The lowest BCUT2D eigenvalue weighted by molar-refractivity contribution is -0.115. The second-order valence-corrected chi connectivity index (χ2v) is 8.90. The van der Waals surface area contributed by atoms with Gasteiger partial charge in [-0.25, -0.2) is 0 Å². The first kappa shape index (κ1) is 24.5. The first-order chi connectivity index (χ1) is 12.0. The summed E-state index contributed by atoms with van der Waals surface area (Å²) in [5.74, 6) is 0.545. The van der Waals surface area contributed by atoms with Crippen molar-refractivity contribution < 1.29 is 9.53 Å². The average Bonchev–Trinajstić information content (AvgIpc) is 2.94. The molecule has 1 amide bonds. The van der Waals surface area contributed by atoms with E-state index in [1.165, 1.54) is 13.3 Å². The lowest BCUT2D eigenvalue weighted by atomic mass is 9.92. The maximum Gasteiger partial charge on any atom is 0.214 e. The van der Waals surface area contributed by atoms with E-state index in [1.54, 1.807) is 0 Å². The molecule has 0 bridgehead atoms. The van der Waals surface area contributed by atoms with Crippen LogP contribution >= 0.6 is 11.8 Å². The number of hydrogen-bond donors (Lipinski definition) is 2. The van der Waals surface area contributed by atoms with Crippen molar-refractivity contribution >= 4 is 17.7 Å². The van der Waals surface area contributed by atoms with Gasteiger partial charge in [0.15, 0.2) is 5.09 Å². The van der Waals surface area contributed by atoms with Gasteiger partial charge in [0.2, 0.25) is 5.91 Å². The lowest BCUT2D eigenvalue weighted by Crippen LogP contribution is -2.26. The molecule has 0 spiro atoms. The molecule has 1 unspecified atom stereocenters. The van der Waals surface area contributed by atoms with E-state index in [4.69, 9.17) is 4.74 Å². The lowest BCUT2D eigenvalue weighted by Gasteiger charge is -2.19. The molecule has 148 valence electrons. The molecule has 1 aliphatic rings. The van der Waals surface area contributed by atoms with Crippen LogP contribution in [0.5, 0.6) is 0 Å². The van der Waals surface area contributed by atoms with Gasteiger partial charge in [0.1, 0.15) is 5.76 Å². The monoisotopic (exact) mass is 380 g/mol. The maximum absolute atomic E-state index is 9.22. The number of carbonyl (C=O) groups excluding carboxylic acids is 1. The quantitative estimate of drug-likeness (QED) is 0.357. The van der Waals surface area contributed by atoms with Crippen LogP contribution in [0.4, 0.5) is 0 Å². The zero-order valence-electron chi connectivity index (χ0n) is 17.2. The summed E-state index contributed by atoms with van der Waals surface area (Å²) in [6, 6.07) is 0. The largest absolute Gasteiger partial charge is 0.451 e. The number of nitrogens with two attached hydrogens (primary N) is 1. The third-order valence-electron chi connectivity index (χ3n) is 3.29. The molecule has 3 N–H and O–H groups in total. The summed E-state index contributed by atoms with van der Waals surface area (Å²) in [7, 11) is 0. The highest BCUT2D eigenvalue weighted by atomic mass is 32.2. The van der Waals surface area contributed by atoms with Gasteiger partial charge in [-0.3, -0.25) is 4.79 Å². The van der Waals surface area contributed by atoms with Gasteiger partial charge in [-0.2, -0.15) is 0 Å². The molecule has 1 rings (SSSR count). The summed E-state index contributed by atoms with van der Waals surface area (Å²) in [5.41, 5.74) is 5.90. The van der Waals surface area contributed by atoms with Gasteiger partial charge in [-0.05, 0) is 56.9 Å². The fourth-order valence-corrected chi connectivity index (χ4v) is 2.99. The summed E-state index contributed by atoms with van der Waals surface area (Å²) in [6.45, 7) is 18.1. The fraction of sp³-hybridized carbons (Fsp3) is 0.571. The first-order valence-electron chi connectivity index (χ1n) is 9.05. The molecule has 0 radical (unpaired) electrons. The van der Waals surface area contributed by atoms with Crippen molar-refractivity contribution in [3.05, 3.63) is 47.3 Å².